The van der Waals surface area contributed by atoms with Crippen LogP contribution in [0.15, 0.2) is 0 Å². The summed E-state index contributed by atoms with van der Waals surface area (Å²) in [7, 11) is 1.48. The van der Waals surface area contributed by atoms with Crippen molar-refractivity contribution in [2.45, 2.75) is 25.9 Å². The van der Waals surface area contributed by atoms with Gasteiger partial charge in [-0.2, -0.15) is 5.26 Å². The van der Waals surface area contributed by atoms with Crippen LogP contribution < -0.4 is 0 Å². The number of ketones is 1. The Labute approximate surface area is 60.6 Å². The Kier molecular flexibility index (Phi) is 4.51. The molecule has 0 fully saturated rings. The summed E-state index contributed by atoms with van der Waals surface area (Å²) < 4.78 is 4.81. The maximum Gasteiger partial charge on any atom is 0.158 e. The van der Waals surface area contributed by atoms with E-state index in [4.69, 9.17) is 10.00 Å². The van der Waals surface area contributed by atoms with Gasteiger partial charge in [0.1, 0.15) is 6.10 Å². The Morgan fingerprint density at radius 2 is 2.40 bits per heavy atom. The first-order chi connectivity index (χ1) is 4.72. The maximum atomic E-state index is 10.6. The summed E-state index contributed by atoms with van der Waals surface area (Å²) in [5.74, 6) is -0.0160. The number of carbonyl (C=O) groups excluding carboxylic acids is 1. The van der Waals surface area contributed by atoms with E-state index in [0.29, 0.717) is 12.8 Å². The van der Waals surface area contributed by atoms with Gasteiger partial charge in [0.25, 0.3) is 0 Å². The molecule has 56 valence electrons. The van der Waals surface area contributed by atoms with Crippen LogP contribution >= 0.6 is 0 Å². The van der Waals surface area contributed by atoms with Gasteiger partial charge >= 0.3 is 0 Å². The highest BCUT2D eigenvalue weighted by atomic mass is 16.5. The second kappa shape index (κ2) is 4.95. The predicted octanol–water partition coefficient (Wildman–Crippen LogP) is 0.894. The van der Waals surface area contributed by atoms with Gasteiger partial charge in [0.2, 0.25) is 0 Å². The summed E-state index contributed by atoms with van der Waals surface area (Å²) in [5.41, 5.74) is 0. The van der Waals surface area contributed by atoms with Gasteiger partial charge in [0.05, 0.1) is 6.07 Å². The lowest BCUT2D eigenvalue weighted by atomic mass is 10.1. The highest BCUT2D eigenvalue weighted by Crippen LogP contribution is 2.00. The lowest BCUT2D eigenvalue weighted by Crippen LogP contribution is -2.19. The molecule has 0 aromatic rings. The van der Waals surface area contributed by atoms with Gasteiger partial charge in [0, 0.05) is 13.5 Å². The molecular formula is C7H11NO2. The molecule has 0 amide bonds. The molecule has 0 saturated heterocycles. The molecule has 0 radical (unpaired) electrons. The van der Waals surface area contributed by atoms with Gasteiger partial charge in [-0.3, -0.25) is 4.79 Å². The molecule has 1 atom stereocenters. The number of Topliss-reactive ketones (excluding diaryl/α,β-unsaturated/α-hetero) is 1. The Morgan fingerprint density at radius 3 is 2.70 bits per heavy atom. The standard InChI is InChI=1S/C7H11NO2/c1-6(9)7(10-2)4-3-5-8/h7H,3-4H2,1-2H3. The van der Waals surface area contributed by atoms with Crippen LogP contribution in [0.1, 0.15) is 19.8 Å². The maximum absolute atomic E-state index is 10.6. The van der Waals surface area contributed by atoms with E-state index in [2.05, 4.69) is 0 Å². The molecule has 0 aromatic heterocycles. The van der Waals surface area contributed by atoms with Crippen molar-refractivity contribution in [1.82, 2.24) is 0 Å². The van der Waals surface area contributed by atoms with Gasteiger partial charge in [-0.05, 0) is 13.3 Å². The van der Waals surface area contributed by atoms with Crippen molar-refractivity contribution in [2.75, 3.05) is 7.11 Å². The molecule has 3 nitrogen and oxygen atoms in total. The summed E-state index contributed by atoms with van der Waals surface area (Å²) in [6.07, 6.45) is 0.486. The van der Waals surface area contributed by atoms with Gasteiger partial charge in [0.15, 0.2) is 5.78 Å². The number of carbonyl (C=O) groups is 1. The predicted molar refractivity (Wildman–Crippen MR) is 36.3 cm³/mol. The summed E-state index contributed by atoms with van der Waals surface area (Å²) in [5, 5.41) is 8.18. The third-order valence-electron chi connectivity index (χ3n) is 1.26. The lowest BCUT2D eigenvalue weighted by molar-refractivity contribution is -0.126. The van der Waals surface area contributed by atoms with Crippen LogP contribution in [0.2, 0.25) is 0 Å². The van der Waals surface area contributed by atoms with Crippen molar-refractivity contribution in [3.8, 4) is 6.07 Å². The smallest absolute Gasteiger partial charge is 0.158 e. The molecule has 0 heterocycles. The van der Waals surface area contributed by atoms with Crippen molar-refractivity contribution < 1.29 is 9.53 Å². The van der Waals surface area contributed by atoms with Crippen molar-refractivity contribution >= 4 is 5.78 Å². The van der Waals surface area contributed by atoms with E-state index in [1.165, 1.54) is 14.0 Å². The minimum absolute atomic E-state index is 0.0160. The molecule has 0 rings (SSSR count). The fourth-order valence-corrected chi connectivity index (χ4v) is 0.683. The number of nitriles is 1. The van der Waals surface area contributed by atoms with E-state index in [-0.39, 0.29) is 11.9 Å². The molecule has 1 unspecified atom stereocenters. The summed E-state index contributed by atoms with van der Waals surface area (Å²) in [6.45, 7) is 1.46. The summed E-state index contributed by atoms with van der Waals surface area (Å²) in [6, 6.07) is 1.96. The minimum atomic E-state index is -0.389. The van der Waals surface area contributed by atoms with Crippen LogP contribution in [-0.2, 0) is 9.53 Å². The minimum Gasteiger partial charge on any atom is -0.374 e. The van der Waals surface area contributed by atoms with Crippen LogP contribution in [0.25, 0.3) is 0 Å². The Morgan fingerprint density at radius 1 is 1.80 bits per heavy atom. The molecule has 0 saturated carbocycles. The Hall–Kier alpha value is -0.880. The monoisotopic (exact) mass is 141 g/mol. The van der Waals surface area contributed by atoms with Crippen LogP contribution in [0.5, 0.6) is 0 Å². The number of hydrogen-bond donors (Lipinski definition) is 0. The molecule has 0 spiro atoms. The quantitative estimate of drug-likeness (QED) is 0.584. The SMILES string of the molecule is COC(CCC#N)C(C)=O. The zero-order valence-corrected chi connectivity index (χ0v) is 6.26. The average molecular weight is 141 g/mol. The van der Waals surface area contributed by atoms with Crippen molar-refractivity contribution in [3.05, 3.63) is 0 Å². The van der Waals surface area contributed by atoms with Gasteiger partial charge < -0.3 is 4.74 Å². The average Bonchev–Trinajstić information content (AvgIpc) is 1.89. The fourth-order valence-electron chi connectivity index (χ4n) is 0.683. The number of methoxy groups -OCH3 is 1. The van der Waals surface area contributed by atoms with Crippen LogP contribution in [-0.4, -0.2) is 19.0 Å². The van der Waals surface area contributed by atoms with Crippen molar-refractivity contribution in [1.29, 1.82) is 5.26 Å². The topological polar surface area (TPSA) is 50.1 Å². The van der Waals surface area contributed by atoms with E-state index < -0.39 is 0 Å². The number of ether oxygens (including phenoxy) is 1. The second-order valence-corrected chi connectivity index (χ2v) is 2.03. The molecule has 0 N–H and O–H groups in total. The Bertz CT molecular complexity index is 148. The normalized spacial score (nSPS) is 12.1. The number of nitrogens with zero attached hydrogens (tertiary/aromatic N) is 1. The largest absolute Gasteiger partial charge is 0.374 e. The van der Waals surface area contributed by atoms with Gasteiger partial charge in [-0.25, -0.2) is 0 Å². The molecule has 3 heteroatoms. The molecule has 0 bridgehead atoms. The first-order valence-corrected chi connectivity index (χ1v) is 3.12. The first-order valence-electron chi connectivity index (χ1n) is 3.12. The molecule has 0 aromatic carbocycles. The fraction of sp³-hybridized carbons (Fsp3) is 0.714. The van der Waals surface area contributed by atoms with E-state index in [1.807, 2.05) is 6.07 Å². The second-order valence-electron chi connectivity index (χ2n) is 2.03. The molecule has 0 aliphatic rings. The summed E-state index contributed by atoms with van der Waals surface area (Å²) in [4.78, 5) is 10.6. The van der Waals surface area contributed by atoms with Crippen molar-refractivity contribution in [2.24, 2.45) is 0 Å². The van der Waals surface area contributed by atoms with E-state index in [0.717, 1.165) is 0 Å². The highest BCUT2D eigenvalue weighted by Gasteiger charge is 2.10. The zero-order valence-electron chi connectivity index (χ0n) is 6.26. The zero-order chi connectivity index (χ0) is 7.98. The molecular weight excluding hydrogens is 130 g/mol. The number of rotatable bonds is 4. The number of hydrogen-bond acceptors (Lipinski definition) is 3. The van der Waals surface area contributed by atoms with Crippen LogP contribution in [0.4, 0.5) is 0 Å². The lowest BCUT2D eigenvalue weighted by Gasteiger charge is -2.07. The van der Waals surface area contributed by atoms with E-state index in [1.54, 1.807) is 0 Å². The van der Waals surface area contributed by atoms with E-state index in [9.17, 15) is 4.79 Å². The third-order valence-corrected chi connectivity index (χ3v) is 1.26. The molecule has 0 aliphatic heterocycles. The molecule has 10 heavy (non-hydrogen) atoms. The summed E-state index contributed by atoms with van der Waals surface area (Å²) >= 11 is 0. The van der Waals surface area contributed by atoms with E-state index >= 15 is 0 Å². The van der Waals surface area contributed by atoms with Crippen LogP contribution in [0.3, 0.4) is 0 Å². The van der Waals surface area contributed by atoms with Gasteiger partial charge in [-0.15, -0.1) is 0 Å². The van der Waals surface area contributed by atoms with Gasteiger partial charge in [-0.1, -0.05) is 0 Å². The van der Waals surface area contributed by atoms with Crippen LogP contribution in [0, 0.1) is 11.3 Å². The highest BCUT2D eigenvalue weighted by molar-refractivity contribution is 5.80. The Balaban J connectivity index is 3.63. The molecule has 0 aliphatic carbocycles. The third kappa shape index (κ3) is 3.21. The van der Waals surface area contributed by atoms with Crippen molar-refractivity contribution in [3.63, 3.8) is 0 Å². The first kappa shape index (κ1) is 9.12.